The van der Waals surface area contributed by atoms with Crippen LogP contribution in [-0.2, 0) is 4.74 Å². The summed E-state index contributed by atoms with van der Waals surface area (Å²) in [7, 11) is 0. The summed E-state index contributed by atoms with van der Waals surface area (Å²) >= 11 is 0. The van der Waals surface area contributed by atoms with E-state index in [1.165, 1.54) is 6.21 Å². The predicted octanol–water partition coefficient (Wildman–Crippen LogP) is 1.42. The van der Waals surface area contributed by atoms with Gasteiger partial charge >= 0.3 is 6.09 Å². The van der Waals surface area contributed by atoms with E-state index in [0.717, 1.165) is 5.56 Å². The fraction of sp³-hybridized carbons (Fsp3) is 0.474. The van der Waals surface area contributed by atoms with Crippen LogP contribution in [0.4, 0.5) is 4.79 Å². The summed E-state index contributed by atoms with van der Waals surface area (Å²) in [6.45, 7) is 6.63. The van der Waals surface area contributed by atoms with Gasteiger partial charge in [0.25, 0.3) is 5.91 Å². The molecule has 0 aliphatic carbocycles. The maximum absolute atomic E-state index is 12.7. The molecule has 0 radical (unpaired) electrons. The molecule has 1 aromatic carbocycles. The summed E-state index contributed by atoms with van der Waals surface area (Å²) in [5.74, 6) is -0.156. The molecular weight excluding hydrogens is 360 g/mol. The second-order valence-corrected chi connectivity index (χ2v) is 7.60. The van der Waals surface area contributed by atoms with E-state index in [2.05, 4.69) is 15.5 Å². The molecule has 1 saturated heterocycles. The standard InChI is InChI=1S/C19H28N6O3/c1-19(2,3)28-18(27)23-15-8-10-25(11-9-15)16(26)14-6-4-13(5-7-14)12-22-24-17(20)21/h4-7,12,15H,8-11H2,1-3H3,(H,23,27)(H4,20,21,24). The fourth-order valence-electron chi connectivity index (χ4n) is 2.76. The number of rotatable bonds is 4. The first-order valence-corrected chi connectivity index (χ1v) is 9.15. The molecule has 5 N–H and O–H groups in total. The maximum atomic E-state index is 12.7. The zero-order chi connectivity index (χ0) is 20.7. The number of hydrogen-bond acceptors (Lipinski definition) is 5. The maximum Gasteiger partial charge on any atom is 0.407 e. The second-order valence-electron chi connectivity index (χ2n) is 7.60. The van der Waals surface area contributed by atoms with Crippen LogP contribution < -0.4 is 16.8 Å². The van der Waals surface area contributed by atoms with Crippen LogP contribution in [0.25, 0.3) is 0 Å². The van der Waals surface area contributed by atoms with Crippen LogP contribution in [0.2, 0.25) is 0 Å². The van der Waals surface area contributed by atoms with Crippen molar-refractivity contribution in [3.8, 4) is 0 Å². The molecule has 0 saturated carbocycles. The molecule has 2 amide bonds. The molecule has 9 heteroatoms. The number of hydrogen-bond donors (Lipinski definition) is 3. The van der Waals surface area contributed by atoms with Gasteiger partial charge in [0.15, 0.2) is 0 Å². The van der Waals surface area contributed by atoms with Crippen molar-refractivity contribution in [3.05, 3.63) is 35.4 Å². The molecule has 1 aliphatic rings. The quantitative estimate of drug-likeness (QED) is 0.407. The number of benzene rings is 1. The van der Waals surface area contributed by atoms with Crippen molar-refractivity contribution in [2.45, 2.75) is 45.3 Å². The Hall–Kier alpha value is -3.10. The zero-order valence-corrected chi connectivity index (χ0v) is 16.5. The normalized spacial score (nSPS) is 15.3. The number of carbonyl (C=O) groups is 2. The van der Waals surface area contributed by atoms with Crippen LogP contribution in [0.1, 0.15) is 49.5 Å². The summed E-state index contributed by atoms with van der Waals surface area (Å²) in [6.07, 6.45) is 2.46. The van der Waals surface area contributed by atoms with Gasteiger partial charge in [0, 0.05) is 24.7 Å². The third-order valence-corrected chi connectivity index (χ3v) is 4.04. The molecule has 1 aromatic rings. The van der Waals surface area contributed by atoms with E-state index in [4.69, 9.17) is 16.2 Å². The van der Waals surface area contributed by atoms with Crippen LogP contribution in [0.15, 0.2) is 34.5 Å². The van der Waals surface area contributed by atoms with Gasteiger partial charge in [-0.3, -0.25) is 4.79 Å². The SMILES string of the molecule is CC(C)(C)OC(=O)NC1CCN(C(=O)c2ccc(C=NN=C(N)N)cc2)CC1. The first-order chi connectivity index (χ1) is 13.1. The van der Waals surface area contributed by atoms with Crippen LogP contribution in [0.5, 0.6) is 0 Å². The van der Waals surface area contributed by atoms with E-state index in [0.29, 0.717) is 31.5 Å². The summed E-state index contributed by atoms with van der Waals surface area (Å²) in [4.78, 5) is 26.3. The predicted molar refractivity (Wildman–Crippen MR) is 108 cm³/mol. The fourth-order valence-corrected chi connectivity index (χ4v) is 2.76. The number of ether oxygens (including phenoxy) is 1. The molecule has 1 fully saturated rings. The number of guanidine groups is 1. The van der Waals surface area contributed by atoms with Crippen molar-refractivity contribution >= 4 is 24.2 Å². The minimum Gasteiger partial charge on any atom is -0.444 e. The summed E-state index contributed by atoms with van der Waals surface area (Å²) in [6, 6.07) is 7.04. The summed E-state index contributed by atoms with van der Waals surface area (Å²) < 4.78 is 5.27. The summed E-state index contributed by atoms with van der Waals surface area (Å²) in [5.41, 5.74) is 11.2. The smallest absolute Gasteiger partial charge is 0.407 e. The Bertz CT molecular complexity index is 740. The number of likely N-dealkylation sites (tertiary alicyclic amines) is 1. The van der Waals surface area contributed by atoms with Crippen LogP contribution in [0, 0.1) is 0 Å². The lowest BCUT2D eigenvalue weighted by molar-refractivity contribution is 0.0473. The average Bonchev–Trinajstić information content (AvgIpc) is 2.60. The van der Waals surface area contributed by atoms with E-state index in [1.807, 2.05) is 20.8 Å². The van der Waals surface area contributed by atoms with Gasteiger partial charge in [0.1, 0.15) is 5.60 Å². The number of amides is 2. The molecule has 0 atom stereocenters. The molecule has 9 nitrogen and oxygen atoms in total. The van der Waals surface area contributed by atoms with Gasteiger partial charge < -0.3 is 26.4 Å². The van der Waals surface area contributed by atoms with Crippen molar-refractivity contribution in [1.29, 1.82) is 0 Å². The number of nitrogens with one attached hydrogen (secondary N) is 1. The highest BCUT2D eigenvalue weighted by molar-refractivity contribution is 5.95. The highest BCUT2D eigenvalue weighted by atomic mass is 16.6. The monoisotopic (exact) mass is 388 g/mol. The van der Waals surface area contributed by atoms with Gasteiger partial charge in [-0.05, 0) is 51.3 Å². The minimum atomic E-state index is -0.527. The highest BCUT2D eigenvalue weighted by Gasteiger charge is 2.26. The largest absolute Gasteiger partial charge is 0.444 e. The molecule has 0 bridgehead atoms. The molecule has 2 rings (SSSR count). The molecule has 0 spiro atoms. The zero-order valence-electron chi connectivity index (χ0n) is 16.5. The molecule has 152 valence electrons. The van der Waals surface area contributed by atoms with Crippen LogP contribution >= 0.6 is 0 Å². The first kappa shape index (κ1) is 21.2. The Balaban J connectivity index is 1.85. The Kier molecular flexibility index (Phi) is 6.97. The van der Waals surface area contributed by atoms with Crippen molar-refractivity contribution in [1.82, 2.24) is 10.2 Å². The number of nitrogens with zero attached hydrogens (tertiary/aromatic N) is 3. The van der Waals surface area contributed by atoms with Crippen molar-refractivity contribution in [3.63, 3.8) is 0 Å². The van der Waals surface area contributed by atoms with E-state index < -0.39 is 11.7 Å². The second kappa shape index (κ2) is 9.20. The van der Waals surface area contributed by atoms with Gasteiger partial charge in [-0.1, -0.05) is 12.1 Å². The molecule has 1 aliphatic heterocycles. The Labute approximate surface area is 164 Å². The lowest BCUT2D eigenvalue weighted by atomic mass is 10.0. The summed E-state index contributed by atoms with van der Waals surface area (Å²) in [5, 5.41) is 10.1. The van der Waals surface area contributed by atoms with Crippen molar-refractivity contribution < 1.29 is 14.3 Å². The molecule has 0 aromatic heterocycles. The lowest BCUT2D eigenvalue weighted by Gasteiger charge is -2.33. The Morgan fingerprint density at radius 1 is 1.18 bits per heavy atom. The van der Waals surface area contributed by atoms with Gasteiger partial charge in [-0.25, -0.2) is 4.79 Å². The Morgan fingerprint density at radius 3 is 2.32 bits per heavy atom. The van der Waals surface area contributed by atoms with Gasteiger partial charge in [-0.2, -0.15) is 5.10 Å². The van der Waals surface area contributed by atoms with Gasteiger partial charge in [0.05, 0.1) is 6.21 Å². The topological polar surface area (TPSA) is 135 Å². The number of alkyl carbamates (subject to hydrolysis) is 1. The van der Waals surface area contributed by atoms with Crippen molar-refractivity contribution in [2.75, 3.05) is 13.1 Å². The number of nitrogens with two attached hydrogens (primary N) is 2. The average molecular weight is 388 g/mol. The Morgan fingerprint density at radius 2 is 1.79 bits per heavy atom. The third kappa shape index (κ3) is 6.90. The lowest BCUT2D eigenvalue weighted by Crippen LogP contribution is -2.47. The third-order valence-electron chi connectivity index (χ3n) is 4.04. The molecular formula is C19H28N6O3. The molecule has 1 heterocycles. The van der Waals surface area contributed by atoms with Gasteiger partial charge in [0.2, 0.25) is 5.96 Å². The van der Waals surface area contributed by atoms with E-state index in [9.17, 15) is 9.59 Å². The first-order valence-electron chi connectivity index (χ1n) is 9.15. The van der Waals surface area contributed by atoms with Gasteiger partial charge in [-0.15, -0.1) is 5.10 Å². The number of piperidine rings is 1. The van der Waals surface area contributed by atoms with Crippen LogP contribution in [0.3, 0.4) is 0 Å². The number of carbonyl (C=O) groups excluding carboxylic acids is 2. The minimum absolute atomic E-state index is 0.00743. The highest BCUT2D eigenvalue weighted by Crippen LogP contribution is 2.15. The van der Waals surface area contributed by atoms with E-state index in [1.54, 1.807) is 29.2 Å². The van der Waals surface area contributed by atoms with E-state index >= 15 is 0 Å². The molecule has 0 unspecified atom stereocenters. The van der Waals surface area contributed by atoms with E-state index in [-0.39, 0.29) is 17.9 Å². The van der Waals surface area contributed by atoms with Crippen molar-refractivity contribution in [2.24, 2.45) is 21.7 Å². The molecule has 28 heavy (non-hydrogen) atoms. The van der Waals surface area contributed by atoms with Crippen LogP contribution in [-0.4, -0.2) is 53.8 Å².